The molecule has 212 valence electrons. The largest absolute Gasteiger partial charge is 0.497 e. The van der Waals surface area contributed by atoms with Gasteiger partial charge in [0.1, 0.15) is 11.4 Å². The predicted octanol–water partition coefficient (Wildman–Crippen LogP) is 6.00. The smallest absolute Gasteiger partial charge is 0.274 e. The van der Waals surface area contributed by atoms with Gasteiger partial charge in [0.2, 0.25) is 10.0 Å². The number of amides is 1. The van der Waals surface area contributed by atoms with E-state index >= 15 is 0 Å². The van der Waals surface area contributed by atoms with E-state index < -0.39 is 21.5 Å². The molecular formula is C29H31N7O4S. The van der Waals surface area contributed by atoms with Crippen molar-refractivity contribution in [3.05, 3.63) is 100 Å². The normalized spacial score (nSPS) is 11.5. The number of carbonyl (C=O) groups is 1. The van der Waals surface area contributed by atoms with Crippen LogP contribution in [0.5, 0.6) is 5.75 Å². The lowest BCUT2D eigenvalue weighted by Gasteiger charge is -2.21. The number of nitrogens with zero attached hydrogens (tertiary/aromatic N) is 5. The molecule has 4 rings (SSSR count). The summed E-state index contributed by atoms with van der Waals surface area (Å²) in [6, 6.07) is 20.6. The highest BCUT2D eigenvalue weighted by molar-refractivity contribution is 7.89. The molecule has 3 aromatic carbocycles. The number of benzene rings is 3. The first kappa shape index (κ1) is 29.3. The lowest BCUT2D eigenvalue weighted by Crippen LogP contribution is -2.40. The Labute approximate surface area is 238 Å². The van der Waals surface area contributed by atoms with E-state index in [1.165, 1.54) is 11.8 Å². The number of carbonyl (C=O) groups excluding carboxylic acids is 1. The molecule has 1 heterocycles. The topological polar surface area (TPSA) is 151 Å². The van der Waals surface area contributed by atoms with Crippen LogP contribution in [0.4, 0.5) is 5.69 Å². The summed E-state index contributed by atoms with van der Waals surface area (Å²) in [5.74, 6) is 0.177. The molecule has 0 saturated heterocycles. The van der Waals surface area contributed by atoms with Crippen LogP contribution in [0.2, 0.25) is 0 Å². The second kappa shape index (κ2) is 11.8. The van der Waals surface area contributed by atoms with E-state index in [1.807, 2.05) is 0 Å². The maximum absolute atomic E-state index is 13.4. The number of sulfonamides is 1. The first-order valence-corrected chi connectivity index (χ1v) is 14.2. The summed E-state index contributed by atoms with van der Waals surface area (Å²) in [6.45, 7) is 7.18. The van der Waals surface area contributed by atoms with Gasteiger partial charge in [-0.3, -0.25) is 4.79 Å². The fraction of sp³-hybridized carbons (Fsp3) is 0.241. The van der Waals surface area contributed by atoms with Crippen molar-refractivity contribution in [2.45, 2.75) is 44.7 Å². The van der Waals surface area contributed by atoms with Gasteiger partial charge in [-0.15, -0.1) is 0 Å². The summed E-state index contributed by atoms with van der Waals surface area (Å²) in [7, 11) is -2.23. The molecule has 0 aliphatic heterocycles. The molecule has 41 heavy (non-hydrogen) atoms. The lowest BCUT2D eigenvalue weighted by molar-refractivity contribution is 0.101. The van der Waals surface area contributed by atoms with E-state index in [9.17, 15) is 13.2 Å². The molecule has 0 aliphatic carbocycles. The Balaban J connectivity index is 1.62. The minimum atomic E-state index is -3.77. The molecule has 0 radical (unpaired) electrons. The van der Waals surface area contributed by atoms with Gasteiger partial charge in [-0.25, -0.2) is 17.8 Å². The molecule has 0 unspecified atom stereocenters. The average molecular weight is 574 g/mol. The third kappa shape index (κ3) is 6.93. The molecule has 0 spiro atoms. The van der Waals surface area contributed by atoms with Gasteiger partial charge in [-0.05, 0) is 86.8 Å². The number of aryl methyl sites for hydroxylation is 1. The summed E-state index contributed by atoms with van der Waals surface area (Å²) >= 11 is 0. The first-order chi connectivity index (χ1) is 19.4. The average Bonchev–Trinajstić information content (AvgIpc) is 3.32. The Morgan fingerprint density at radius 2 is 1.78 bits per heavy atom. The fourth-order valence-electron chi connectivity index (χ4n) is 4.30. The van der Waals surface area contributed by atoms with Gasteiger partial charge in [0.15, 0.2) is 0 Å². The number of azide groups is 1. The summed E-state index contributed by atoms with van der Waals surface area (Å²) in [6.07, 6.45) is 0. The van der Waals surface area contributed by atoms with Crippen LogP contribution in [0, 0.1) is 6.92 Å². The number of anilines is 1. The zero-order valence-corrected chi connectivity index (χ0v) is 24.2. The van der Waals surface area contributed by atoms with Crippen molar-refractivity contribution in [3.8, 4) is 22.6 Å². The minimum absolute atomic E-state index is 0.0485. The van der Waals surface area contributed by atoms with Gasteiger partial charge >= 0.3 is 0 Å². The van der Waals surface area contributed by atoms with Crippen molar-refractivity contribution in [1.82, 2.24) is 14.5 Å². The molecule has 0 saturated carbocycles. The first-order valence-electron chi connectivity index (χ1n) is 12.7. The van der Waals surface area contributed by atoms with E-state index in [1.54, 1.807) is 100 Å². The molecule has 0 aliphatic rings. The highest BCUT2D eigenvalue weighted by Crippen LogP contribution is 2.29. The third-order valence-electron chi connectivity index (χ3n) is 5.95. The molecule has 0 bridgehead atoms. The quantitative estimate of drug-likeness (QED) is 0.143. The Kier molecular flexibility index (Phi) is 8.48. The van der Waals surface area contributed by atoms with Gasteiger partial charge in [0.25, 0.3) is 5.91 Å². The molecule has 0 atom stereocenters. The summed E-state index contributed by atoms with van der Waals surface area (Å²) in [4.78, 5) is 16.4. The molecular weight excluding hydrogens is 542 g/mol. The third-order valence-corrected chi connectivity index (χ3v) is 7.77. The highest BCUT2D eigenvalue weighted by Gasteiger charge is 2.25. The number of nitrogens with one attached hydrogen (secondary N) is 2. The highest BCUT2D eigenvalue weighted by atomic mass is 32.2. The van der Waals surface area contributed by atoms with Crippen molar-refractivity contribution >= 4 is 21.6 Å². The van der Waals surface area contributed by atoms with Crippen LogP contribution in [0.3, 0.4) is 0 Å². The summed E-state index contributed by atoms with van der Waals surface area (Å²) < 4.78 is 35.6. The number of hydrogen-bond acceptors (Lipinski definition) is 6. The van der Waals surface area contributed by atoms with E-state index in [-0.39, 0.29) is 17.1 Å². The number of ether oxygens (including phenoxy) is 1. The van der Waals surface area contributed by atoms with E-state index in [4.69, 9.17) is 10.3 Å². The Morgan fingerprint density at radius 1 is 1.07 bits per heavy atom. The molecule has 1 aromatic heterocycles. The number of rotatable bonds is 9. The van der Waals surface area contributed by atoms with E-state index in [2.05, 4.69) is 25.2 Å². The Bertz CT molecular complexity index is 1730. The monoisotopic (exact) mass is 573 g/mol. The van der Waals surface area contributed by atoms with Crippen molar-refractivity contribution in [2.75, 3.05) is 12.4 Å². The van der Waals surface area contributed by atoms with E-state index in [0.717, 1.165) is 0 Å². The number of aromatic nitrogens is 2. The second-order valence-corrected chi connectivity index (χ2v) is 12.0. The van der Waals surface area contributed by atoms with Crippen LogP contribution < -0.4 is 14.8 Å². The zero-order chi connectivity index (χ0) is 29.8. The van der Waals surface area contributed by atoms with Crippen molar-refractivity contribution < 1.29 is 17.9 Å². The van der Waals surface area contributed by atoms with Crippen molar-refractivity contribution in [3.63, 3.8) is 0 Å². The van der Waals surface area contributed by atoms with Crippen LogP contribution >= 0.6 is 0 Å². The van der Waals surface area contributed by atoms with Crippen LogP contribution in [-0.2, 0) is 16.6 Å². The molecule has 11 nitrogen and oxygen atoms in total. The van der Waals surface area contributed by atoms with Crippen molar-refractivity contribution in [1.29, 1.82) is 0 Å². The van der Waals surface area contributed by atoms with Crippen LogP contribution in [0.25, 0.3) is 27.3 Å². The van der Waals surface area contributed by atoms with Crippen LogP contribution in [-0.4, -0.2) is 36.8 Å². The molecule has 2 N–H and O–H groups in total. The van der Waals surface area contributed by atoms with Gasteiger partial charge in [-0.2, -0.15) is 5.10 Å². The summed E-state index contributed by atoms with van der Waals surface area (Å²) in [5.41, 5.74) is 12.0. The standard InChI is InChI=1S/C29H31N7O4S/c1-19-16-26(36(33-19)25-15-14-23(40-5)17-21(25)18-31-35-30)28(37)32-22-12-10-20(11-13-22)24-8-6-7-9-27(24)41(38,39)34-29(2,3)4/h6-17,34H,18H2,1-5H3,(H,32,37). The number of methoxy groups -OCH3 is 1. The van der Waals surface area contributed by atoms with Crippen molar-refractivity contribution in [2.24, 2.45) is 5.11 Å². The Hall–Kier alpha value is -4.64. The van der Waals surface area contributed by atoms with Crippen LogP contribution in [0.15, 0.2) is 82.8 Å². The molecule has 4 aromatic rings. The minimum Gasteiger partial charge on any atom is -0.497 e. The Morgan fingerprint density at radius 3 is 2.44 bits per heavy atom. The zero-order valence-electron chi connectivity index (χ0n) is 23.4. The summed E-state index contributed by atoms with van der Waals surface area (Å²) in [5, 5.41) is 11.0. The SMILES string of the molecule is COc1ccc(-n2nc(C)cc2C(=O)Nc2ccc(-c3ccccc3S(=O)(=O)NC(C)(C)C)cc2)c(CN=[N+]=[N-])c1. The van der Waals surface area contributed by atoms with Crippen LogP contribution in [0.1, 0.15) is 42.5 Å². The predicted molar refractivity (Wildman–Crippen MR) is 158 cm³/mol. The second-order valence-electron chi connectivity index (χ2n) is 10.3. The molecule has 0 fully saturated rings. The van der Waals surface area contributed by atoms with Gasteiger partial charge < -0.3 is 10.1 Å². The lowest BCUT2D eigenvalue weighted by atomic mass is 10.1. The maximum Gasteiger partial charge on any atom is 0.274 e. The molecule has 12 heteroatoms. The molecule has 1 amide bonds. The van der Waals surface area contributed by atoms with Gasteiger partial charge in [0, 0.05) is 21.7 Å². The fourth-order valence-corrected chi connectivity index (χ4v) is 5.95. The number of hydrogen-bond donors (Lipinski definition) is 2. The van der Waals surface area contributed by atoms with Gasteiger partial charge in [0.05, 0.1) is 29.9 Å². The maximum atomic E-state index is 13.4. The van der Waals surface area contributed by atoms with E-state index in [0.29, 0.717) is 39.5 Å². The van der Waals surface area contributed by atoms with Gasteiger partial charge in [-0.1, -0.05) is 35.4 Å².